The Morgan fingerprint density at radius 3 is 2.81 bits per heavy atom. The minimum Gasteiger partial charge on any atom is -0.461 e. The molecule has 0 aliphatic heterocycles. The molecule has 0 unspecified atom stereocenters. The molecule has 0 amide bonds. The first-order valence-corrected chi connectivity index (χ1v) is 5.65. The zero-order valence-electron chi connectivity index (χ0n) is 8.39. The third-order valence-corrected chi connectivity index (χ3v) is 2.77. The standard InChI is InChI=1S/C11H7NO3S/c1-16-10-5-9(8-3-2-4-14-8)15-11(13)7(10)6-12/h2-5H,1H3. The molecule has 0 aliphatic rings. The number of hydrogen-bond acceptors (Lipinski definition) is 5. The van der Waals surface area contributed by atoms with Gasteiger partial charge in [0.05, 0.1) is 6.26 Å². The third-order valence-electron chi connectivity index (χ3n) is 2.01. The second kappa shape index (κ2) is 4.29. The Morgan fingerprint density at radius 2 is 2.25 bits per heavy atom. The van der Waals surface area contributed by atoms with E-state index in [0.717, 1.165) is 0 Å². The van der Waals surface area contributed by atoms with E-state index < -0.39 is 5.63 Å². The fraction of sp³-hybridized carbons (Fsp3) is 0.0909. The fourth-order valence-electron chi connectivity index (χ4n) is 1.27. The monoisotopic (exact) mass is 233 g/mol. The molecule has 0 atom stereocenters. The van der Waals surface area contributed by atoms with Crippen molar-refractivity contribution >= 4 is 11.8 Å². The Balaban J connectivity index is 2.65. The van der Waals surface area contributed by atoms with E-state index in [1.54, 1.807) is 24.5 Å². The molecule has 0 radical (unpaired) electrons. The molecule has 0 N–H and O–H groups in total. The summed E-state index contributed by atoms with van der Waals surface area (Å²) in [7, 11) is 0. The number of nitrogens with zero attached hydrogens (tertiary/aromatic N) is 1. The van der Waals surface area contributed by atoms with Crippen LogP contribution in [0.3, 0.4) is 0 Å². The smallest absolute Gasteiger partial charge is 0.355 e. The normalized spacial score (nSPS) is 10.0. The quantitative estimate of drug-likeness (QED) is 0.745. The van der Waals surface area contributed by atoms with E-state index in [9.17, 15) is 4.79 Å². The Hall–Kier alpha value is -1.93. The zero-order valence-corrected chi connectivity index (χ0v) is 9.21. The molecule has 2 aromatic heterocycles. The molecular weight excluding hydrogens is 226 g/mol. The van der Waals surface area contributed by atoms with Gasteiger partial charge in [0.25, 0.3) is 0 Å². The van der Waals surface area contributed by atoms with Crippen molar-refractivity contribution < 1.29 is 8.83 Å². The molecule has 16 heavy (non-hydrogen) atoms. The summed E-state index contributed by atoms with van der Waals surface area (Å²) in [5.74, 6) is 0.801. The summed E-state index contributed by atoms with van der Waals surface area (Å²) < 4.78 is 10.1. The van der Waals surface area contributed by atoms with Crippen LogP contribution in [0.15, 0.2) is 43.0 Å². The van der Waals surface area contributed by atoms with Crippen LogP contribution in [-0.4, -0.2) is 6.26 Å². The molecule has 2 aromatic rings. The van der Waals surface area contributed by atoms with Gasteiger partial charge < -0.3 is 8.83 Å². The topological polar surface area (TPSA) is 67.1 Å². The molecule has 0 saturated heterocycles. The van der Waals surface area contributed by atoms with E-state index in [-0.39, 0.29) is 5.56 Å². The lowest BCUT2D eigenvalue weighted by molar-refractivity contribution is 0.485. The van der Waals surface area contributed by atoms with Crippen molar-refractivity contribution in [2.75, 3.05) is 6.26 Å². The molecule has 0 aliphatic carbocycles. The SMILES string of the molecule is CSc1cc(-c2ccco2)oc(=O)c1C#N. The first kappa shape index (κ1) is 10.6. The zero-order chi connectivity index (χ0) is 11.5. The van der Waals surface area contributed by atoms with E-state index in [0.29, 0.717) is 16.4 Å². The van der Waals surface area contributed by atoms with Crippen LogP contribution in [0.4, 0.5) is 0 Å². The van der Waals surface area contributed by atoms with Crippen LogP contribution in [0.1, 0.15) is 5.56 Å². The van der Waals surface area contributed by atoms with Gasteiger partial charge in [-0.1, -0.05) is 0 Å². The average molecular weight is 233 g/mol. The summed E-state index contributed by atoms with van der Waals surface area (Å²) in [6.45, 7) is 0. The minimum absolute atomic E-state index is 0.0304. The molecule has 2 heterocycles. The van der Waals surface area contributed by atoms with E-state index in [1.807, 2.05) is 6.07 Å². The lowest BCUT2D eigenvalue weighted by Crippen LogP contribution is -2.06. The maximum atomic E-state index is 11.5. The predicted molar refractivity (Wildman–Crippen MR) is 59.2 cm³/mol. The summed E-state index contributed by atoms with van der Waals surface area (Å²) in [4.78, 5) is 12.1. The summed E-state index contributed by atoms with van der Waals surface area (Å²) in [5, 5.41) is 8.81. The summed E-state index contributed by atoms with van der Waals surface area (Å²) in [6.07, 6.45) is 3.29. The van der Waals surface area contributed by atoms with Crippen LogP contribution in [-0.2, 0) is 0 Å². The van der Waals surface area contributed by atoms with Gasteiger partial charge in [-0.05, 0) is 24.5 Å². The second-order valence-electron chi connectivity index (χ2n) is 2.93. The van der Waals surface area contributed by atoms with Crippen LogP contribution in [0.2, 0.25) is 0 Å². The van der Waals surface area contributed by atoms with E-state index in [2.05, 4.69) is 0 Å². The molecule has 0 bridgehead atoms. The van der Waals surface area contributed by atoms with Gasteiger partial charge in [0, 0.05) is 4.90 Å². The lowest BCUT2D eigenvalue weighted by Gasteiger charge is -2.00. The second-order valence-corrected chi connectivity index (χ2v) is 3.78. The minimum atomic E-state index is -0.638. The Morgan fingerprint density at radius 1 is 1.44 bits per heavy atom. The van der Waals surface area contributed by atoms with Crippen LogP contribution >= 0.6 is 11.8 Å². The molecule has 80 valence electrons. The largest absolute Gasteiger partial charge is 0.461 e. The van der Waals surface area contributed by atoms with Crippen molar-refractivity contribution in [1.82, 2.24) is 0 Å². The van der Waals surface area contributed by atoms with Gasteiger partial charge >= 0.3 is 5.63 Å². The number of furan rings is 1. The molecule has 0 aromatic carbocycles. The number of rotatable bonds is 2. The third kappa shape index (κ3) is 1.75. The molecule has 0 spiro atoms. The van der Waals surface area contributed by atoms with Crippen LogP contribution < -0.4 is 5.63 Å². The van der Waals surface area contributed by atoms with Gasteiger partial charge in [0.2, 0.25) is 0 Å². The molecule has 4 nitrogen and oxygen atoms in total. The van der Waals surface area contributed by atoms with Crippen LogP contribution in [0, 0.1) is 11.3 Å². The van der Waals surface area contributed by atoms with Crippen LogP contribution in [0.5, 0.6) is 0 Å². The van der Waals surface area contributed by atoms with Crippen molar-refractivity contribution in [2.24, 2.45) is 0 Å². The summed E-state index contributed by atoms with van der Waals surface area (Å²) >= 11 is 1.32. The highest BCUT2D eigenvalue weighted by Gasteiger charge is 2.13. The van der Waals surface area contributed by atoms with E-state index >= 15 is 0 Å². The predicted octanol–water partition coefficient (Wildman–Crippen LogP) is 2.49. The van der Waals surface area contributed by atoms with Crippen molar-refractivity contribution in [3.8, 4) is 17.6 Å². The molecular formula is C11H7NO3S. The van der Waals surface area contributed by atoms with Gasteiger partial charge in [-0.2, -0.15) is 5.26 Å². The number of nitriles is 1. The first-order chi connectivity index (χ1) is 7.76. The first-order valence-electron chi connectivity index (χ1n) is 4.42. The lowest BCUT2D eigenvalue weighted by atomic mass is 10.2. The Kier molecular flexibility index (Phi) is 2.84. The van der Waals surface area contributed by atoms with E-state index in [4.69, 9.17) is 14.1 Å². The van der Waals surface area contributed by atoms with Crippen LogP contribution in [0.25, 0.3) is 11.5 Å². The van der Waals surface area contributed by atoms with Crippen molar-refractivity contribution in [3.05, 3.63) is 40.4 Å². The van der Waals surface area contributed by atoms with Crippen molar-refractivity contribution in [2.45, 2.75) is 4.90 Å². The highest BCUT2D eigenvalue weighted by molar-refractivity contribution is 7.98. The Labute approximate surface area is 95.5 Å². The average Bonchev–Trinajstić information content (AvgIpc) is 2.81. The van der Waals surface area contributed by atoms with Gasteiger partial charge in [0.1, 0.15) is 6.07 Å². The highest BCUT2D eigenvalue weighted by atomic mass is 32.2. The van der Waals surface area contributed by atoms with Crippen molar-refractivity contribution in [3.63, 3.8) is 0 Å². The number of hydrogen-bond donors (Lipinski definition) is 0. The molecule has 5 heteroatoms. The summed E-state index contributed by atoms with van der Waals surface area (Å²) in [6, 6.07) is 6.85. The van der Waals surface area contributed by atoms with Crippen molar-refractivity contribution in [1.29, 1.82) is 5.26 Å². The van der Waals surface area contributed by atoms with Gasteiger partial charge in [0.15, 0.2) is 17.1 Å². The van der Waals surface area contributed by atoms with E-state index in [1.165, 1.54) is 18.0 Å². The molecule has 0 fully saturated rings. The number of thioether (sulfide) groups is 1. The molecule has 0 saturated carbocycles. The van der Waals surface area contributed by atoms with Gasteiger partial charge in [-0.15, -0.1) is 11.8 Å². The maximum Gasteiger partial charge on any atom is 0.355 e. The van der Waals surface area contributed by atoms with Gasteiger partial charge in [-0.3, -0.25) is 0 Å². The van der Waals surface area contributed by atoms with Gasteiger partial charge in [-0.25, -0.2) is 4.79 Å². The maximum absolute atomic E-state index is 11.5. The molecule has 2 rings (SSSR count). The Bertz CT molecular complexity index is 593. The summed E-state index contributed by atoms with van der Waals surface area (Å²) in [5.41, 5.74) is -0.608. The highest BCUT2D eigenvalue weighted by Crippen LogP contribution is 2.25. The fourth-order valence-corrected chi connectivity index (χ4v) is 1.83.